The minimum absolute atomic E-state index is 0.103. The normalized spacial score (nSPS) is 12.5. The Morgan fingerprint density at radius 2 is 2.43 bits per heavy atom. The van der Waals surface area contributed by atoms with E-state index in [2.05, 4.69) is 4.74 Å². The Kier molecular flexibility index (Phi) is 3.71. The predicted octanol–water partition coefficient (Wildman–Crippen LogP) is 0.978. The lowest BCUT2D eigenvalue weighted by molar-refractivity contribution is -0.140. The molecule has 78 valence electrons. The Morgan fingerprint density at radius 1 is 1.71 bits per heavy atom. The lowest BCUT2D eigenvalue weighted by Gasteiger charge is -2.11. The fourth-order valence-corrected chi connectivity index (χ4v) is 1.38. The van der Waals surface area contributed by atoms with Crippen LogP contribution in [-0.2, 0) is 16.6 Å². The van der Waals surface area contributed by atoms with E-state index in [0.29, 0.717) is 12.8 Å². The van der Waals surface area contributed by atoms with Crippen molar-refractivity contribution in [2.45, 2.75) is 18.9 Å². The summed E-state index contributed by atoms with van der Waals surface area (Å²) in [6.07, 6.45) is 2.92. The van der Waals surface area contributed by atoms with Gasteiger partial charge >= 0.3 is 5.97 Å². The maximum Gasteiger partial charge on any atom is 0.305 e. The van der Waals surface area contributed by atoms with Gasteiger partial charge in [-0.2, -0.15) is 0 Å². The molecule has 14 heavy (non-hydrogen) atoms. The summed E-state index contributed by atoms with van der Waals surface area (Å²) < 4.78 is 6.51. The van der Waals surface area contributed by atoms with Crippen molar-refractivity contribution in [2.75, 3.05) is 7.11 Å². The summed E-state index contributed by atoms with van der Waals surface area (Å²) in [5.74, 6) is -0.213. The number of nitrogens with zero attached hydrogens (tertiary/aromatic N) is 1. The standard InChI is InChI=1S/C10H16N2O2/c1-12-7-3-4-9(12)8(11)5-6-10(13)14-2/h3-4,7-8H,5-6,11H2,1-2H3. The van der Waals surface area contributed by atoms with Crippen LogP contribution in [0.3, 0.4) is 0 Å². The molecule has 0 aromatic carbocycles. The number of esters is 1. The van der Waals surface area contributed by atoms with E-state index < -0.39 is 0 Å². The smallest absolute Gasteiger partial charge is 0.305 e. The van der Waals surface area contributed by atoms with E-state index in [-0.39, 0.29) is 12.0 Å². The van der Waals surface area contributed by atoms with Crippen molar-refractivity contribution in [1.29, 1.82) is 0 Å². The minimum Gasteiger partial charge on any atom is -0.469 e. The molecule has 0 radical (unpaired) electrons. The van der Waals surface area contributed by atoms with Gasteiger partial charge in [0.1, 0.15) is 0 Å². The fraction of sp³-hybridized carbons (Fsp3) is 0.500. The van der Waals surface area contributed by atoms with Gasteiger partial charge in [0.2, 0.25) is 0 Å². The monoisotopic (exact) mass is 196 g/mol. The fourth-order valence-electron chi connectivity index (χ4n) is 1.38. The molecule has 1 atom stereocenters. The molecule has 0 bridgehead atoms. The van der Waals surface area contributed by atoms with Crippen LogP contribution in [0.4, 0.5) is 0 Å². The molecule has 4 nitrogen and oxygen atoms in total. The molecule has 0 aliphatic rings. The second-order valence-electron chi connectivity index (χ2n) is 3.27. The Bertz CT molecular complexity index is 307. The van der Waals surface area contributed by atoms with E-state index in [1.807, 2.05) is 29.9 Å². The number of ether oxygens (including phenoxy) is 1. The van der Waals surface area contributed by atoms with Crippen LogP contribution in [0.1, 0.15) is 24.6 Å². The third-order valence-corrected chi connectivity index (χ3v) is 2.25. The van der Waals surface area contributed by atoms with Gasteiger partial charge in [0.05, 0.1) is 7.11 Å². The molecule has 2 N–H and O–H groups in total. The molecule has 1 heterocycles. The number of carbonyl (C=O) groups is 1. The van der Waals surface area contributed by atoms with Crippen molar-refractivity contribution >= 4 is 5.97 Å². The van der Waals surface area contributed by atoms with Crippen LogP contribution in [0.15, 0.2) is 18.3 Å². The highest BCUT2D eigenvalue weighted by Gasteiger charge is 2.11. The van der Waals surface area contributed by atoms with Gasteiger partial charge in [-0.05, 0) is 18.6 Å². The molecule has 0 aliphatic heterocycles. The first-order valence-electron chi connectivity index (χ1n) is 4.58. The topological polar surface area (TPSA) is 57.2 Å². The third-order valence-electron chi connectivity index (χ3n) is 2.25. The molecule has 1 unspecified atom stereocenters. The molecule has 0 saturated carbocycles. The highest BCUT2D eigenvalue weighted by atomic mass is 16.5. The predicted molar refractivity (Wildman–Crippen MR) is 53.6 cm³/mol. The Morgan fingerprint density at radius 3 is 2.93 bits per heavy atom. The summed E-state index contributed by atoms with van der Waals surface area (Å²) in [6.45, 7) is 0. The molecular formula is C10H16N2O2. The van der Waals surface area contributed by atoms with Gasteiger partial charge in [0.25, 0.3) is 0 Å². The highest BCUT2D eigenvalue weighted by molar-refractivity contribution is 5.69. The first-order chi connectivity index (χ1) is 6.65. The van der Waals surface area contributed by atoms with Gasteiger partial charge in [-0.1, -0.05) is 0 Å². The summed E-state index contributed by atoms with van der Waals surface area (Å²) in [7, 11) is 3.32. The molecular weight excluding hydrogens is 180 g/mol. The first kappa shape index (κ1) is 10.8. The van der Waals surface area contributed by atoms with E-state index >= 15 is 0 Å². The number of aromatic nitrogens is 1. The van der Waals surface area contributed by atoms with E-state index in [4.69, 9.17) is 5.73 Å². The summed E-state index contributed by atoms with van der Waals surface area (Å²) in [4.78, 5) is 10.9. The SMILES string of the molecule is COC(=O)CCC(N)c1cccn1C. The molecule has 1 aromatic heterocycles. The van der Waals surface area contributed by atoms with Gasteiger partial charge in [-0.25, -0.2) is 0 Å². The number of hydrogen-bond donors (Lipinski definition) is 1. The van der Waals surface area contributed by atoms with Gasteiger partial charge in [-0.15, -0.1) is 0 Å². The molecule has 0 fully saturated rings. The molecule has 1 aromatic rings. The zero-order valence-corrected chi connectivity index (χ0v) is 8.56. The molecule has 1 rings (SSSR count). The molecule has 0 amide bonds. The van der Waals surface area contributed by atoms with E-state index in [0.717, 1.165) is 5.69 Å². The zero-order chi connectivity index (χ0) is 10.6. The Balaban J connectivity index is 2.47. The van der Waals surface area contributed by atoms with Crippen LogP contribution in [0.5, 0.6) is 0 Å². The lowest BCUT2D eigenvalue weighted by Crippen LogP contribution is -2.15. The summed E-state index contributed by atoms with van der Waals surface area (Å²) in [5, 5.41) is 0. The third kappa shape index (κ3) is 2.60. The van der Waals surface area contributed by atoms with E-state index in [1.165, 1.54) is 7.11 Å². The Hall–Kier alpha value is -1.29. The van der Waals surface area contributed by atoms with Gasteiger partial charge in [0.15, 0.2) is 0 Å². The largest absolute Gasteiger partial charge is 0.469 e. The second kappa shape index (κ2) is 4.81. The summed E-state index contributed by atoms with van der Waals surface area (Å²) >= 11 is 0. The molecule has 0 spiro atoms. The quantitative estimate of drug-likeness (QED) is 0.730. The van der Waals surface area contributed by atoms with Crippen LogP contribution in [-0.4, -0.2) is 17.6 Å². The van der Waals surface area contributed by atoms with Gasteiger partial charge in [0, 0.05) is 31.4 Å². The van der Waals surface area contributed by atoms with Crippen LogP contribution < -0.4 is 5.73 Å². The minimum atomic E-state index is -0.213. The van der Waals surface area contributed by atoms with E-state index in [1.54, 1.807) is 0 Å². The Labute approximate surface area is 83.7 Å². The molecule has 0 saturated heterocycles. The van der Waals surface area contributed by atoms with Crippen LogP contribution in [0, 0.1) is 0 Å². The van der Waals surface area contributed by atoms with Crippen LogP contribution in [0.25, 0.3) is 0 Å². The van der Waals surface area contributed by atoms with Crippen molar-refractivity contribution in [3.63, 3.8) is 0 Å². The second-order valence-corrected chi connectivity index (χ2v) is 3.27. The van der Waals surface area contributed by atoms with E-state index in [9.17, 15) is 4.79 Å². The summed E-state index contributed by atoms with van der Waals surface area (Å²) in [6, 6.07) is 3.80. The first-order valence-corrected chi connectivity index (χ1v) is 4.58. The number of rotatable bonds is 4. The van der Waals surface area contributed by atoms with Gasteiger partial charge < -0.3 is 15.0 Å². The maximum absolute atomic E-state index is 10.9. The highest BCUT2D eigenvalue weighted by Crippen LogP contribution is 2.15. The number of aryl methyl sites for hydroxylation is 1. The van der Waals surface area contributed by atoms with Gasteiger partial charge in [-0.3, -0.25) is 4.79 Å². The molecule has 0 aliphatic carbocycles. The number of methoxy groups -OCH3 is 1. The van der Waals surface area contributed by atoms with Crippen LogP contribution >= 0.6 is 0 Å². The van der Waals surface area contributed by atoms with Crippen molar-refractivity contribution in [3.05, 3.63) is 24.0 Å². The average Bonchev–Trinajstić information content (AvgIpc) is 2.60. The van der Waals surface area contributed by atoms with Crippen LogP contribution in [0.2, 0.25) is 0 Å². The van der Waals surface area contributed by atoms with Crippen molar-refractivity contribution < 1.29 is 9.53 Å². The van der Waals surface area contributed by atoms with Crippen molar-refractivity contribution in [3.8, 4) is 0 Å². The maximum atomic E-state index is 10.9. The summed E-state index contributed by atoms with van der Waals surface area (Å²) in [5.41, 5.74) is 6.95. The molecule has 4 heteroatoms. The number of nitrogens with two attached hydrogens (primary N) is 1. The lowest BCUT2D eigenvalue weighted by atomic mass is 10.1. The zero-order valence-electron chi connectivity index (χ0n) is 8.56. The number of carbonyl (C=O) groups excluding carboxylic acids is 1. The van der Waals surface area contributed by atoms with Crippen molar-refractivity contribution in [1.82, 2.24) is 4.57 Å². The average molecular weight is 196 g/mol. The van der Waals surface area contributed by atoms with Crippen molar-refractivity contribution in [2.24, 2.45) is 12.8 Å². The number of hydrogen-bond acceptors (Lipinski definition) is 3.